The van der Waals surface area contributed by atoms with Crippen LogP contribution in [0.4, 0.5) is 0 Å². The van der Waals surface area contributed by atoms with Gasteiger partial charge in [-0.25, -0.2) is 0 Å². The van der Waals surface area contributed by atoms with E-state index in [-0.39, 0.29) is 20.9 Å². The first-order valence-corrected chi connectivity index (χ1v) is 7.01. The van der Waals surface area contributed by atoms with Gasteiger partial charge >= 0.3 is 91.8 Å². The van der Waals surface area contributed by atoms with Crippen LogP contribution >= 0.6 is 0 Å². The number of rotatable bonds is 5. The van der Waals surface area contributed by atoms with Gasteiger partial charge in [0.2, 0.25) is 0 Å². The molecule has 0 fully saturated rings. The number of benzene rings is 1. The van der Waals surface area contributed by atoms with Crippen molar-refractivity contribution >= 4 is 19.6 Å². The SMILES string of the molecule is CCC(C)C(=O)[Se]Cc1ccccc1. The summed E-state index contributed by atoms with van der Waals surface area (Å²) in [5.74, 6) is 0.249. The zero-order valence-corrected chi connectivity index (χ0v) is 10.4. The van der Waals surface area contributed by atoms with Crippen molar-refractivity contribution < 1.29 is 4.79 Å². The van der Waals surface area contributed by atoms with Crippen LogP contribution in [0.25, 0.3) is 0 Å². The molecular weight excluding hydrogens is 239 g/mol. The summed E-state index contributed by atoms with van der Waals surface area (Å²) >= 11 is 0.122. The first kappa shape index (κ1) is 11.5. The van der Waals surface area contributed by atoms with E-state index in [0.29, 0.717) is 4.68 Å². The number of carbonyl (C=O) groups excluding carboxylic acids is 1. The molecule has 0 spiro atoms. The molecule has 0 saturated heterocycles. The van der Waals surface area contributed by atoms with Gasteiger partial charge in [0.1, 0.15) is 0 Å². The molecule has 0 heterocycles. The van der Waals surface area contributed by atoms with Gasteiger partial charge in [0.25, 0.3) is 0 Å². The second-order valence-corrected chi connectivity index (χ2v) is 5.46. The molecule has 1 aromatic rings. The van der Waals surface area contributed by atoms with Crippen molar-refractivity contribution in [1.29, 1.82) is 0 Å². The van der Waals surface area contributed by atoms with E-state index >= 15 is 0 Å². The maximum atomic E-state index is 11.6. The van der Waals surface area contributed by atoms with Gasteiger partial charge in [-0.15, -0.1) is 0 Å². The Kier molecular flexibility index (Phi) is 4.92. The maximum absolute atomic E-state index is 11.6. The van der Waals surface area contributed by atoms with E-state index < -0.39 is 0 Å². The van der Waals surface area contributed by atoms with Crippen molar-refractivity contribution in [3.63, 3.8) is 0 Å². The predicted octanol–water partition coefficient (Wildman–Crippen LogP) is 2.46. The molecule has 1 rings (SSSR count). The first-order valence-electron chi connectivity index (χ1n) is 4.94. The van der Waals surface area contributed by atoms with Gasteiger partial charge in [0.05, 0.1) is 0 Å². The zero-order valence-electron chi connectivity index (χ0n) is 8.69. The molecule has 0 saturated carbocycles. The van der Waals surface area contributed by atoms with E-state index in [9.17, 15) is 4.79 Å². The number of hydrogen-bond donors (Lipinski definition) is 0. The predicted molar refractivity (Wildman–Crippen MR) is 60.4 cm³/mol. The topological polar surface area (TPSA) is 17.1 Å². The summed E-state index contributed by atoms with van der Waals surface area (Å²) in [6, 6.07) is 10.2. The van der Waals surface area contributed by atoms with E-state index in [4.69, 9.17) is 0 Å². The molecule has 76 valence electrons. The molecular formula is C12H16OSe. The van der Waals surface area contributed by atoms with E-state index in [1.54, 1.807) is 0 Å². The summed E-state index contributed by atoms with van der Waals surface area (Å²) in [7, 11) is 0. The van der Waals surface area contributed by atoms with E-state index in [1.807, 2.05) is 25.1 Å². The molecule has 0 aliphatic heterocycles. The fourth-order valence-electron chi connectivity index (χ4n) is 1.04. The molecule has 0 N–H and O–H groups in total. The molecule has 0 bridgehead atoms. The van der Waals surface area contributed by atoms with Crippen LogP contribution in [0.3, 0.4) is 0 Å². The van der Waals surface area contributed by atoms with Gasteiger partial charge in [0, 0.05) is 0 Å². The Bertz CT molecular complexity index is 282. The third-order valence-corrected chi connectivity index (χ3v) is 4.68. The van der Waals surface area contributed by atoms with Gasteiger partial charge < -0.3 is 0 Å². The van der Waals surface area contributed by atoms with Crippen LogP contribution in [-0.4, -0.2) is 19.6 Å². The van der Waals surface area contributed by atoms with Gasteiger partial charge in [0.15, 0.2) is 0 Å². The second kappa shape index (κ2) is 6.00. The Morgan fingerprint density at radius 1 is 1.36 bits per heavy atom. The fourth-order valence-corrected chi connectivity index (χ4v) is 3.04. The van der Waals surface area contributed by atoms with Crippen LogP contribution in [0.5, 0.6) is 0 Å². The Morgan fingerprint density at radius 2 is 2.00 bits per heavy atom. The van der Waals surface area contributed by atoms with Crippen LogP contribution in [0.15, 0.2) is 30.3 Å². The van der Waals surface area contributed by atoms with Crippen LogP contribution in [0.2, 0.25) is 0 Å². The molecule has 0 aromatic heterocycles. The number of carbonyl (C=O) groups is 1. The van der Waals surface area contributed by atoms with Gasteiger partial charge in [-0.2, -0.15) is 0 Å². The van der Waals surface area contributed by atoms with Gasteiger partial charge in [-0.1, -0.05) is 0 Å². The molecule has 2 heteroatoms. The van der Waals surface area contributed by atoms with Gasteiger partial charge in [-0.05, 0) is 0 Å². The normalized spacial score (nSPS) is 12.4. The molecule has 0 aliphatic carbocycles. The Morgan fingerprint density at radius 3 is 2.57 bits per heavy atom. The molecule has 14 heavy (non-hydrogen) atoms. The molecule has 1 aromatic carbocycles. The average Bonchev–Trinajstić information content (AvgIpc) is 2.26. The molecule has 1 nitrogen and oxygen atoms in total. The third kappa shape index (κ3) is 3.65. The molecule has 0 amide bonds. The minimum absolute atomic E-state index is 0.122. The summed E-state index contributed by atoms with van der Waals surface area (Å²) in [5.41, 5.74) is 1.28. The van der Waals surface area contributed by atoms with Crippen molar-refractivity contribution in [2.75, 3.05) is 0 Å². The fraction of sp³-hybridized carbons (Fsp3) is 0.417. The summed E-state index contributed by atoms with van der Waals surface area (Å²) in [6.07, 6.45) is 0.968. The van der Waals surface area contributed by atoms with Crippen LogP contribution in [0.1, 0.15) is 25.8 Å². The standard InChI is InChI=1S/C12H16OSe/c1-3-10(2)12(13)14-9-11-7-5-4-6-8-11/h4-8,10H,3,9H2,1-2H3. The first-order chi connectivity index (χ1) is 6.74. The van der Waals surface area contributed by atoms with Crippen molar-refractivity contribution in [2.24, 2.45) is 5.92 Å². The Hall–Kier alpha value is -0.591. The zero-order chi connectivity index (χ0) is 10.4. The summed E-state index contributed by atoms with van der Waals surface area (Å²) in [5, 5.41) is 0.941. The quantitative estimate of drug-likeness (QED) is 0.739. The van der Waals surface area contributed by atoms with Crippen LogP contribution in [-0.2, 0) is 10.1 Å². The Labute approximate surface area is 92.1 Å². The molecule has 1 unspecified atom stereocenters. The molecule has 0 aliphatic rings. The summed E-state index contributed by atoms with van der Waals surface area (Å²) in [4.78, 5) is 11.6. The van der Waals surface area contributed by atoms with E-state index in [1.165, 1.54) is 5.56 Å². The van der Waals surface area contributed by atoms with Crippen molar-refractivity contribution in [3.05, 3.63) is 35.9 Å². The minimum atomic E-state index is 0.122. The number of hydrogen-bond acceptors (Lipinski definition) is 1. The average molecular weight is 255 g/mol. The summed E-state index contributed by atoms with van der Waals surface area (Å²) < 4.78 is 0.448. The monoisotopic (exact) mass is 256 g/mol. The Balaban J connectivity index is 2.38. The van der Waals surface area contributed by atoms with E-state index in [0.717, 1.165) is 11.7 Å². The van der Waals surface area contributed by atoms with Gasteiger partial charge in [-0.3, -0.25) is 0 Å². The second-order valence-electron chi connectivity index (χ2n) is 3.40. The summed E-state index contributed by atoms with van der Waals surface area (Å²) in [6.45, 7) is 4.09. The molecule has 0 radical (unpaired) electrons. The van der Waals surface area contributed by atoms with Crippen molar-refractivity contribution in [2.45, 2.75) is 25.6 Å². The van der Waals surface area contributed by atoms with Crippen molar-refractivity contribution in [3.8, 4) is 0 Å². The third-order valence-electron chi connectivity index (χ3n) is 2.24. The van der Waals surface area contributed by atoms with E-state index in [2.05, 4.69) is 19.1 Å². The van der Waals surface area contributed by atoms with Crippen molar-refractivity contribution in [1.82, 2.24) is 0 Å². The van der Waals surface area contributed by atoms with Crippen LogP contribution < -0.4 is 0 Å². The molecule has 1 atom stereocenters. The van der Waals surface area contributed by atoms with Crippen LogP contribution in [0, 0.1) is 5.92 Å².